The number of hydrogen-bond acceptors (Lipinski definition) is 3. The summed E-state index contributed by atoms with van der Waals surface area (Å²) in [5, 5.41) is 9.70. The van der Waals surface area contributed by atoms with Crippen LogP contribution in [0.15, 0.2) is 36.7 Å². The molecule has 1 heterocycles. The number of rotatable bonds is 14. The first-order chi connectivity index (χ1) is 14.9. The number of carboxylic acids is 1. The van der Waals surface area contributed by atoms with Gasteiger partial charge in [0.2, 0.25) is 0 Å². The van der Waals surface area contributed by atoms with Gasteiger partial charge in [-0.1, -0.05) is 96.4 Å². The minimum atomic E-state index is -1.42. The molecule has 2 aromatic rings. The van der Waals surface area contributed by atoms with Crippen LogP contribution < -0.4 is 0 Å². The van der Waals surface area contributed by atoms with Crippen LogP contribution in [0.4, 0.5) is 0 Å². The van der Waals surface area contributed by atoms with Gasteiger partial charge in [-0.25, -0.2) is 14.8 Å². The fourth-order valence-electron chi connectivity index (χ4n) is 3.86. The molecule has 0 bridgehead atoms. The van der Waals surface area contributed by atoms with E-state index in [1.54, 1.807) is 12.1 Å². The third-order valence-electron chi connectivity index (χ3n) is 6.19. The molecule has 2 rings (SSSR count). The lowest BCUT2D eigenvalue weighted by molar-refractivity contribution is -0.142. The summed E-state index contributed by atoms with van der Waals surface area (Å²) in [6.45, 7) is 6.06. The maximum Gasteiger partial charge on any atom is 0.329 e. The predicted molar refractivity (Wildman–Crippen MR) is 128 cm³/mol. The fraction of sp³-hybridized carbons (Fsp3) is 0.577. The van der Waals surface area contributed by atoms with Crippen LogP contribution in [-0.2, 0) is 16.1 Å². The number of benzene rings is 1. The van der Waals surface area contributed by atoms with Gasteiger partial charge in [0.05, 0.1) is 0 Å². The Hall–Kier alpha value is -1.94. The summed E-state index contributed by atoms with van der Waals surface area (Å²) in [6.07, 6.45) is 16.0. The van der Waals surface area contributed by atoms with Gasteiger partial charge in [-0.2, -0.15) is 0 Å². The van der Waals surface area contributed by atoms with Crippen molar-refractivity contribution in [2.24, 2.45) is 5.92 Å². The summed E-state index contributed by atoms with van der Waals surface area (Å²) in [5.74, 6) is -0.563. The van der Waals surface area contributed by atoms with Gasteiger partial charge in [-0.05, 0) is 29.9 Å². The van der Waals surface area contributed by atoms with Crippen molar-refractivity contribution in [3.63, 3.8) is 0 Å². The number of aromatic nitrogens is 2. The van der Waals surface area contributed by atoms with Crippen molar-refractivity contribution in [2.45, 2.75) is 89.9 Å². The highest BCUT2D eigenvalue weighted by Gasteiger charge is 2.42. The van der Waals surface area contributed by atoms with Crippen LogP contribution in [0.2, 0.25) is 0 Å². The minimum absolute atomic E-state index is 0.190. The SMILES string of the molecule is CCCCCCCCCCc1cnc(-c2ccc(C(Cl)(C(=O)O)C(C)CC)cc2)nc1. The van der Waals surface area contributed by atoms with Crippen molar-refractivity contribution in [2.75, 3.05) is 0 Å². The highest BCUT2D eigenvalue weighted by Crippen LogP contribution is 2.39. The first-order valence-corrected chi connectivity index (χ1v) is 12.1. The maximum atomic E-state index is 11.8. The minimum Gasteiger partial charge on any atom is -0.480 e. The zero-order chi connectivity index (χ0) is 22.7. The summed E-state index contributed by atoms with van der Waals surface area (Å²) < 4.78 is 0. The van der Waals surface area contributed by atoms with E-state index in [0.717, 1.165) is 17.5 Å². The normalized spacial score (nSPS) is 14.2. The molecule has 1 aromatic heterocycles. The highest BCUT2D eigenvalue weighted by atomic mass is 35.5. The lowest BCUT2D eigenvalue weighted by atomic mass is 9.84. The number of alkyl halides is 1. The molecule has 2 atom stereocenters. The average Bonchev–Trinajstić information content (AvgIpc) is 2.80. The van der Waals surface area contributed by atoms with Crippen LogP contribution in [0, 0.1) is 5.92 Å². The van der Waals surface area contributed by atoms with E-state index < -0.39 is 10.8 Å². The molecule has 31 heavy (non-hydrogen) atoms. The summed E-state index contributed by atoms with van der Waals surface area (Å²) in [4.78, 5) is 19.5. The van der Waals surface area contributed by atoms with E-state index in [1.807, 2.05) is 38.4 Å². The average molecular weight is 445 g/mol. The van der Waals surface area contributed by atoms with Gasteiger partial charge in [0, 0.05) is 18.0 Å². The second-order valence-electron chi connectivity index (χ2n) is 8.54. The van der Waals surface area contributed by atoms with Crippen LogP contribution >= 0.6 is 11.6 Å². The number of carbonyl (C=O) groups is 1. The second kappa shape index (κ2) is 12.8. The Kier molecular flexibility index (Phi) is 10.5. The van der Waals surface area contributed by atoms with E-state index in [2.05, 4.69) is 16.9 Å². The highest BCUT2D eigenvalue weighted by molar-refractivity contribution is 6.33. The molecule has 0 saturated carbocycles. The largest absolute Gasteiger partial charge is 0.480 e. The summed E-state index contributed by atoms with van der Waals surface area (Å²) in [6, 6.07) is 7.26. The third kappa shape index (κ3) is 7.03. The molecule has 0 fully saturated rings. The molecular weight excluding hydrogens is 408 g/mol. The molecule has 4 nitrogen and oxygen atoms in total. The first kappa shape index (κ1) is 25.3. The van der Waals surface area contributed by atoms with Gasteiger partial charge >= 0.3 is 5.97 Å². The van der Waals surface area contributed by atoms with Crippen molar-refractivity contribution in [3.8, 4) is 11.4 Å². The zero-order valence-corrected chi connectivity index (χ0v) is 20.0. The third-order valence-corrected chi connectivity index (χ3v) is 6.94. The van der Waals surface area contributed by atoms with Gasteiger partial charge in [-0.15, -0.1) is 11.6 Å². The van der Waals surface area contributed by atoms with Crippen LogP contribution in [0.3, 0.4) is 0 Å². The number of nitrogens with zero attached hydrogens (tertiary/aromatic N) is 2. The number of aliphatic carboxylic acids is 1. The van der Waals surface area contributed by atoms with Gasteiger partial charge in [0.1, 0.15) is 0 Å². The molecule has 2 unspecified atom stereocenters. The van der Waals surface area contributed by atoms with Gasteiger partial charge in [0.25, 0.3) is 0 Å². The van der Waals surface area contributed by atoms with E-state index in [0.29, 0.717) is 17.8 Å². The summed E-state index contributed by atoms with van der Waals surface area (Å²) in [5.41, 5.74) is 2.61. The van der Waals surface area contributed by atoms with Crippen molar-refractivity contribution in [1.82, 2.24) is 9.97 Å². The lowest BCUT2D eigenvalue weighted by Gasteiger charge is -2.29. The van der Waals surface area contributed by atoms with E-state index in [-0.39, 0.29) is 5.92 Å². The zero-order valence-electron chi connectivity index (χ0n) is 19.2. The Morgan fingerprint density at radius 2 is 1.52 bits per heavy atom. The van der Waals surface area contributed by atoms with E-state index in [1.165, 1.54) is 51.4 Å². The van der Waals surface area contributed by atoms with Crippen molar-refractivity contribution < 1.29 is 9.90 Å². The van der Waals surface area contributed by atoms with E-state index in [4.69, 9.17) is 11.6 Å². The second-order valence-corrected chi connectivity index (χ2v) is 9.14. The standard InChI is InChI=1S/C26H37ClN2O2/c1-4-6-7-8-9-10-11-12-13-21-18-28-24(29-19-21)22-14-16-23(17-15-22)26(27,25(30)31)20(3)5-2/h14-20H,4-13H2,1-3H3,(H,30,31). The Labute approximate surface area is 192 Å². The molecule has 1 N–H and O–H groups in total. The number of hydrogen-bond donors (Lipinski definition) is 1. The number of halogens is 1. The Bertz CT molecular complexity index is 792. The van der Waals surface area contributed by atoms with Gasteiger partial charge in [0.15, 0.2) is 10.7 Å². The Balaban J connectivity index is 1.91. The first-order valence-electron chi connectivity index (χ1n) is 11.8. The van der Waals surface area contributed by atoms with E-state index in [9.17, 15) is 9.90 Å². The molecule has 0 amide bonds. The topological polar surface area (TPSA) is 63.1 Å². The number of unbranched alkanes of at least 4 members (excludes halogenated alkanes) is 7. The summed E-state index contributed by atoms with van der Waals surface area (Å²) in [7, 11) is 0. The van der Waals surface area contributed by atoms with Crippen LogP contribution in [0.1, 0.15) is 89.7 Å². The molecule has 1 aromatic carbocycles. The summed E-state index contributed by atoms with van der Waals surface area (Å²) >= 11 is 6.54. The molecule has 0 saturated heterocycles. The van der Waals surface area contributed by atoms with Crippen molar-refractivity contribution >= 4 is 17.6 Å². The maximum absolute atomic E-state index is 11.8. The molecule has 170 valence electrons. The van der Waals surface area contributed by atoms with Crippen LogP contribution in [0.5, 0.6) is 0 Å². The van der Waals surface area contributed by atoms with Gasteiger partial charge < -0.3 is 5.11 Å². The van der Waals surface area contributed by atoms with Crippen molar-refractivity contribution in [3.05, 3.63) is 47.8 Å². The molecule has 0 radical (unpaired) electrons. The molecule has 0 aliphatic heterocycles. The Morgan fingerprint density at radius 3 is 2.03 bits per heavy atom. The lowest BCUT2D eigenvalue weighted by Crippen LogP contribution is -2.36. The van der Waals surface area contributed by atoms with Crippen LogP contribution in [0.25, 0.3) is 11.4 Å². The monoisotopic (exact) mass is 444 g/mol. The predicted octanol–water partition coefficient (Wildman–Crippen LogP) is 7.39. The number of carboxylic acid groups (broad SMARTS) is 1. The molecule has 0 aliphatic carbocycles. The quantitative estimate of drug-likeness (QED) is 0.243. The molecule has 5 heteroatoms. The fourth-order valence-corrected chi connectivity index (χ4v) is 4.14. The smallest absolute Gasteiger partial charge is 0.329 e. The molecule has 0 aliphatic rings. The Morgan fingerprint density at radius 1 is 0.968 bits per heavy atom. The van der Waals surface area contributed by atoms with Gasteiger partial charge in [-0.3, -0.25) is 0 Å². The molecule has 0 spiro atoms. The molecular formula is C26H37ClN2O2. The van der Waals surface area contributed by atoms with Crippen LogP contribution in [-0.4, -0.2) is 21.0 Å². The number of aryl methyl sites for hydroxylation is 1. The van der Waals surface area contributed by atoms with E-state index >= 15 is 0 Å². The van der Waals surface area contributed by atoms with Crippen molar-refractivity contribution in [1.29, 1.82) is 0 Å².